The molecular weight excluding hydrogens is 318 g/mol. The number of hydrogen-bond acceptors (Lipinski definition) is 3. The predicted octanol–water partition coefficient (Wildman–Crippen LogP) is 5.21. The summed E-state index contributed by atoms with van der Waals surface area (Å²) in [4.78, 5) is 2.62. The van der Waals surface area contributed by atoms with Crippen molar-refractivity contribution in [2.45, 2.75) is 63.7 Å². The highest BCUT2D eigenvalue weighted by atomic mass is 15.2. The van der Waals surface area contributed by atoms with Gasteiger partial charge in [-0.1, -0.05) is 62.4 Å². The Morgan fingerprint density at radius 3 is 2.00 bits per heavy atom. The van der Waals surface area contributed by atoms with E-state index < -0.39 is 5.54 Å². The maximum Gasteiger partial charge on any atom is 0.128 e. The standard InChI is InChI=1S/C23H29N3/c1-3-21-15-23(18-24,25-20-13-9-6-10-14-20)16-22(4-2)26(21)17-19-11-7-5-8-12-19/h5-14,21-22,25H,3-4,15-17H2,1-2H3/t21-,22+,23?. The van der Waals surface area contributed by atoms with E-state index >= 15 is 0 Å². The zero-order valence-corrected chi connectivity index (χ0v) is 15.9. The van der Waals surface area contributed by atoms with Gasteiger partial charge in [0.1, 0.15) is 5.54 Å². The SMILES string of the molecule is CC[C@@H]1CC(C#N)(Nc2ccccc2)C[C@H](CC)N1Cc1ccccc1. The minimum Gasteiger partial charge on any atom is -0.367 e. The van der Waals surface area contributed by atoms with Crippen LogP contribution in [0, 0.1) is 11.3 Å². The summed E-state index contributed by atoms with van der Waals surface area (Å²) in [7, 11) is 0. The summed E-state index contributed by atoms with van der Waals surface area (Å²) >= 11 is 0. The Kier molecular flexibility index (Phi) is 5.96. The Hall–Kier alpha value is -2.31. The lowest BCUT2D eigenvalue weighted by atomic mass is 9.78. The molecule has 2 aromatic rings. The normalized spacial score (nSPS) is 26.2. The first kappa shape index (κ1) is 18.5. The van der Waals surface area contributed by atoms with Gasteiger partial charge in [0, 0.05) is 24.3 Å². The lowest BCUT2D eigenvalue weighted by molar-refractivity contribution is 0.0484. The average Bonchev–Trinajstić information content (AvgIpc) is 2.70. The van der Waals surface area contributed by atoms with Gasteiger partial charge in [0.25, 0.3) is 0 Å². The second-order valence-corrected chi connectivity index (χ2v) is 7.38. The summed E-state index contributed by atoms with van der Waals surface area (Å²) in [6.07, 6.45) is 3.84. The maximum absolute atomic E-state index is 10.1. The molecule has 0 spiro atoms. The van der Waals surface area contributed by atoms with Crippen LogP contribution < -0.4 is 5.32 Å². The summed E-state index contributed by atoms with van der Waals surface area (Å²) in [5.41, 5.74) is 1.90. The van der Waals surface area contributed by atoms with Crippen molar-refractivity contribution in [2.24, 2.45) is 0 Å². The van der Waals surface area contributed by atoms with Crippen LogP contribution in [0.2, 0.25) is 0 Å². The Morgan fingerprint density at radius 2 is 1.50 bits per heavy atom. The van der Waals surface area contributed by atoms with Crippen LogP contribution in [0.4, 0.5) is 5.69 Å². The van der Waals surface area contributed by atoms with Gasteiger partial charge in [-0.3, -0.25) is 4.90 Å². The fourth-order valence-electron chi connectivity index (χ4n) is 4.25. The Balaban J connectivity index is 1.83. The molecule has 3 atom stereocenters. The van der Waals surface area contributed by atoms with Crippen LogP contribution in [0.1, 0.15) is 45.1 Å². The fraction of sp³-hybridized carbons (Fsp3) is 0.435. The van der Waals surface area contributed by atoms with E-state index in [4.69, 9.17) is 0 Å². The number of anilines is 1. The number of benzene rings is 2. The molecule has 1 heterocycles. The largest absolute Gasteiger partial charge is 0.367 e. The predicted molar refractivity (Wildman–Crippen MR) is 108 cm³/mol. The summed E-state index contributed by atoms with van der Waals surface area (Å²) < 4.78 is 0. The van der Waals surface area contributed by atoms with E-state index in [1.54, 1.807) is 0 Å². The number of nitriles is 1. The molecule has 1 aliphatic heterocycles. The zero-order chi connectivity index (χ0) is 18.4. The lowest BCUT2D eigenvalue weighted by Gasteiger charge is -2.49. The molecule has 1 aliphatic rings. The minimum atomic E-state index is -0.490. The molecule has 0 saturated carbocycles. The van der Waals surface area contributed by atoms with Crippen molar-refractivity contribution < 1.29 is 0 Å². The first-order valence-corrected chi connectivity index (χ1v) is 9.74. The first-order valence-electron chi connectivity index (χ1n) is 9.74. The van der Waals surface area contributed by atoms with Crippen LogP contribution in [0.3, 0.4) is 0 Å². The van der Waals surface area contributed by atoms with Crippen LogP contribution in [-0.4, -0.2) is 22.5 Å². The molecule has 1 fully saturated rings. The minimum absolute atomic E-state index is 0.407. The smallest absolute Gasteiger partial charge is 0.128 e. The number of likely N-dealkylation sites (tertiary alicyclic amines) is 1. The molecule has 26 heavy (non-hydrogen) atoms. The van der Waals surface area contributed by atoms with Gasteiger partial charge in [-0.15, -0.1) is 0 Å². The van der Waals surface area contributed by atoms with Crippen LogP contribution in [0.25, 0.3) is 0 Å². The van der Waals surface area contributed by atoms with Gasteiger partial charge in [0.05, 0.1) is 6.07 Å². The maximum atomic E-state index is 10.1. The molecule has 0 bridgehead atoms. The van der Waals surface area contributed by atoms with E-state index in [-0.39, 0.29) is 0 Å². The van der Waals surface area contributed by atoms with Crippen LogP contribution >= 0.6 is 0 Å². The van der Waals surface area contributed by atoms with Crippen LogP contribution in [0.15, 0.2) is 60.7 Å². The Morgan fingerprint density at radius 1 is 0.962 bits per heavy atom. The fourth-order valence-corrected chi connectivity index (χ4v) is 4.25. The second-order valence-electron chi connectivity index (χ2n) is 7.38. The van der Waals surface area contributed by atoms with Crippen molar-refractivity contribution in [1.29, 1.82) is 5.26 Å². The lowest BCUT2D eigenvalue weighted by Crippen LogP contribution is -2.57. The molecule has 0 aliphatic carbocycles. The van der Waals surface area contributed by atoms with Gasteiger partial charge in [0.2, 0.25) is 0 Å². The average molecular weight is 348 g/mol. The molecule has 136 valence electrons. The number of rotatable bonds is 6. The van der Waals surface area contributed by atoms with Crippen LogP contribution in [0.5, 0.6) is 0 Å². The molecule has 2 aromatic carbocycles. The van der Waals surface area contributed by atoms with E-state index in [1.807, 2.05) is 18.2 Å². The summed E-state index contributed by atoms with van der Waals surface area (Å²) in [6.45, 7) is 5.45. The Bertz CT molecular complexity index is 706. The van der Waals surface area contributed by atoms with Crippen molar-refractivity contribution in [2.75, 3.05) is 5.32 Å². The molecule has 3 nitrogen and oxygen atoms in total. The molecular formula is C23H29N3. The molecule has 0 aromatic heterocycles. The van der Waals surface area contributed by atoms with E-state index in [2.05, 4.69) is 72.6 Å². The van der Waals surface area contributed by atoms with E-state index in [9.17, 15) is 5.26 Å². The number of nitrogens with one attached hydrogen (secondary N) is 1. The van der Waals surface area contributed by atoms with Crippen LogP contribution in [-0.2, 0) is 6.54 Å². The summed E-state index contributed by atoms with van der Waals surface area (Å²) in [5.74, 6) is 0. The van der Waals surface area contributed by atoms with E-state index in [0.29, 0.717) is 12.1 Å². The van der Waals surface area contributed by atoms with Gasteiger partial charge < -0.3 is 5.32 Å². The van der Waals surface area contributed by atoms with Gasteiger partial charge in [-0.2, -0.15) is 5.26 Å². The highest BCUT2D eigenvalue weighted by molar-refractivity contribution is 5.48. The monoisotopic (exact) mass is 347 g/mol. The number of para-hydroxylation sites is 1. The van der Waals surface area contributed by atoms with E-state index in [1.165, 1.54) is 5.56 Å². The Labute approximate surface area is 157 Å². The molecule has 1 N–H and O–H groups in total. The number of piperidine rings is 1. The molecule has 0 radical (unpaired) electrons. The first-order chi connectivity index (χ1) is 12.7. The molecule has 3 rings (SSSR count). The zero-order valence-electron chi connectivity index (χ0n) is 15.9. The van der Waals surface area contributed by atoms with Crippen molar-refractivity contribution in [3.8, 4) is 6.07 Å². The molecule has 3 heteroatoms. The molecule has 1 saturated heterocycles. The molecule has 1 unspecified atom stereocenters. The van der Waals surface area contributed by atoms with Gasteiger partial charge in [-0.25, -0.2) is 0 Å². The van der Waals surface area contributed by atoms with Gasteiger partial charge >= 0.3 is 0 Å². The summed E-state index contributed by atoms with van der Waals surface area (Å²) in [5, 5.41) is 13.6. The van der Waals surface area contributed by atoms with Crippen molar-refractivity contribution >= 4 is 5.69 Å². The van der Waals surface area contributed by atoms with E-state index in [0.717, 1.165) is 37.9 Å². The number of hydrogen-bond donors (Lipinski definition) is 1. The van der Waals surface area contributed by atoms with Crippen molar-refractivity contribution in [3.05, 3.63) is 66.2 Å². The summed E-state index contributed by atoms with van der Waals surface area (Å²) in [6, 6.07) is 24.3. The quantitative estimate of drug-likeness (QED) is 0.779. The van der Waals surface area contributed by atoms with Crippen molar-refractivity contribution in [1.82, 2.24) is 4.90 Å². The third-order valence-corrected chi connectivity index (χ3v) is 5.63. The van der Waals surface area contributed by atoms with Gasteiger partial charge in [-0.05, 0) is 43.4 Å². The van der Waals surface area contributed by atoms with Crippen molar-refractivity contribution in [3.63, 3.8) is 0 Å². The second kappa shape index (κ2) is 8.38. The third kappa shape index (κ3) is 4.08. The number of nitrogens with zero attached hydrogens (tertiary/aromatic N) is 2. The van der Waals surface area contributed by atoms with Gasteiger partial charge in [0.15, 0.2) is 0 Å². The molecule has 0 amide bonds. The third-order valence-electron chi connectivity index (χ3n) is 5.63. The highest BCUT2D eigenvalue weighted by Crippen LogP contribution is 2.37. The highest BCUT2D eigenvalue weighted by Gasteiger charge is 2.44. The topological polar surface area (TPSA) is 39.1 Å².